The molecular formula is C14H12BrClO. The van der Waals surface area contributed by atoms with Gasteiger partial charge < -0.3 is 5.11 Å². The van der Waals surface area contributed by atoms with Gasteiger partial charge in [0.2, 0.25) is 0 Å². The van der Waals surface area contributed by atoms with Gasteiger partial charge in [0, 0.05) is 15.9 Å². The minimum atomic E-state index is -0.492. The first-order chi connectivity index (χ1) is 8.15. The number of aliphatic hydroxyl groups is 1. The van der Waals surface area contributed by atoms with Crippen LogP contribution in [0.1, 0.15) is 17.2 Å². The highest BCUT2D eigenvalue weighted by Crippen LogP contribution is 2.21. The molecule has 0 saturated heterocycles. The average molecular weight is 312 g/mol. The summed E-state index contributed by atoms with van der Waals surface area (Å²) < 4.78 is 1.04. The van der Waals surface area contributed by atoms with Gasteiger partial charge in [0.15, 0.2) is 0 Å². The van der Waals surface area contributed by atoms with Crippen LogP contribution in [0.3, 0.4) is 0 Å². The van der Waals surface area contributed by atoms with Gasteiger partial charge >= 0.3 is 0 Å². The van der Waals surface area contributed by atoms with Crippen LogP contribution in [0.25, 0.3) is 0 Å². The molecule has 0 aromatic heterocycles. The van der Waals surface area contributed by atoms with Crippen LogP contribution in [0, 0.1) is 0 Å². The molecule has 0 radical (unpaired) electrons. The second kappa shape index (κ2) is 5.67. The van der Waals surface area contributed by atoms with E-state index < -0.39 is 6.10 Å². The molecular weight excluding hydrogens is 300 g/mol. The van der Waals surface area contributed by atoms with Gasteiger partial charge in [-0.15, -0.1) is 0 Å². The largest absolute Gasteiger partial charge is 0.388 e. The highest BCUT2D eigenvalue weighted by Gasteiger charge is 2.08. The fourth-order valence-electron chi connectivity index (χ4n) is 1.65. The molecule has 0 saturated carbocycles. The van der Waals surface area contributed by atoms with Crippen LogP contribution < -0.4 is 0 Å². The van der Waals surface area contributed by atoms with Gasteiger partial charge in [0.1, 0.15) is 0 Å². The Morgan fingerprint density at radius 2 is 1.59 bits per heavy atom. The maximum Gasteiger partial charge on any atom is 0.0830 e. The highest BCUT2D eigenvalue weighted by molar-refractivity contribution is 9.10. The molecule has 0 fully saturated rings. The maximum absolute atomic E-state index is 10.1. The molecule has 88 valence electrons. The molecule has 2 aromatic carbocycles. The van der Waals surface area contributed by atoms with Crippen molar-refractivity contribution >= 4 is 27.5 Å². The minimum absolute atomic E-state index is 0.492. The van der Waals surface area contributed by atoms with Crippen LogP contribution in [0.2, 0.25) is 5.02 Å². The lowest BCUT2D eigenvalue weighted by Crippen LogP contribution is -2.01. The van der Waals surface area contributed by atoms with Crippen LogP contribution in [-0.2, 0) is 6.42 Å². The molecule has 0 bridgehead atoms. The van der Waals surface area contributed by atoms with Gasteiger partial charge in [-0.25, -0.2) is 0 Å². The zero-order valence-electron chi connectivity index (χ0n) is 9.11. The number of benzene rings is 2. The van der Waals surface area contributed by atoms with Crippen molar-refractivity contribution in [2.45, 2.75) is 12.5 Å². The molecule has 0 aliphatic carbocycles. The molecule has 0 aliphatic rings. The van der Waals surface area contributed by atoms with E-state index in [9.17, 15) is 5.11 Å². The number of halogens is 2. The molecule has 1 N–H and O–H groups in total. The van der Waals surface area contributed by atoms with E-state index in [1.165, 1.54) is 0 Å². The molecule has 0 unspecified atom stereocenters. The lowest BCUT2D eigenvalue weighted by Gasteiger charge is -2.11. The van der Waals surface area contributed by atoms with Crippen molar-refractivity contribution < 1.29 is 5.11 Å². The Hall–Kier alpha value is -0.830. The van der Waals surface area contributed by atoms with Crippen LogP contribution in [0.15, 0.2) is 53.0 Å². The summed E-state index contributed by atoms with van der Waals surface area (Å²) in [4.78, 5) is 0. The quantitative estimate of drug-likeness (QED) is 0.892. The third-order valence-electron chi connectivity index (χ3n) is 2.60. The van der Waals surface area contributed by atoms with E-state index in [0.29, 0.717) is 11.4 Å². The molecule has 1 nitrogen and oxygen atoms in total. The van der Waals surface area contributed by atoms with E-state index in [1.54, 1.807) is 12.1 Å². The highest BCUT2D eigenvalue weighted by atomic mass is 79.9. The SMILES string of the molecule is O[C@@H](Cc1ccc(Br)cc1)c1ccc(Cl)cc1. The summed E-state index contributed by atoms with van der Waals surface area (Å²) in [7, 11) is 0. The first-order valence-corrected chi connectivity index (χ1v) is 6.50. The third-order valence-corrected chi connectivity index (χ3v) is 3.38. The van der Waals surface area contributed by atoms with Crippen molar-refractivity contribution in [1.82, 2.24) is 0 Å². The zero-order chi connectivity index (χ0) is 12.3. The summed E-state index contributed by atoms with van der Waals surface area (Å²) in [6.45, 7) is 0. The average Bonchev–Trinajstić information content (AvgIpc) is 2.33. The Morgan fingerprint density at radius 1 is 1.00 bits per heavy atom. The lowest BCUT2D eigenvalue weighted by molar-refractivity contribution is 0.178. The Kier molecular flexibility index (Phi) is 4.21. The van der Waals surface area contributed by atoms with E-state index in [2.05, 4.69) is 15.9 Å². The first-order valence-electron chi connectivity index (χ1n) is 5.33. The van der Waals surface area contributed by atoms with Crippen LogP contribution in [0.4, 0.5) is 0 Å². The predicted molar refractivity (Wildman–Crippen MR) is 74.3 cm³/mol. The third kappa shape index (κ3) is 3.56. The van der Waals surface area contributed by atoms with Gasteiger partial charge in [-0.05, 0) is 35.4 Å². The van der Waals surface area contributed by atoms with Crippen molar-refractivity contribution in [3.63, 3.8) is 0 Å². The predicted octanol–water partition coefficient (Wildman–Crippen LogP) is 4.38. The van der Waals surface area contributed by atoms with E-state index in [4.69, 9.17) is 11.6 Å². The second-order valence-corrected chi connectivity index (χ2v) is 5.25. The number of rotatable bonds is 3. The summed E-state index contributed by atoms with van der Waals surface area (Å²) in [6, 6.07) is 15.3. The van der Waals surface area contributed by atoms with Gasteiger partial charge in [-0.2, -0.15) is 0 Å². The fraction of sp³-hybridized carbons (Fsp3) is 0.143. The fourth-order valence-corrected chi connectivity index (χ4v) is 2.04. The molecule has 0 aliphatic heterocycles. The summed E-state index contributed by atoms with van der Waals surface area (Å²) >= 11 is 9.19. The van der Waals surface area contributed by atoms with Crippen LogP contribution >= 0.6 is 27.5 Å². The van der Waals surface area contributed by atoms with Crippen LogP contribution in [-0.4, -0.2) is 5.11 Å². The Labute approximate surface area is 114 Å². The molecule has 3 heteroatoms. The molecule has 17 heavy (non-hydrogen) atoms. The smallest absolute Gasteiger partial charge is 0.0830 e. The van der Waals surface area contributed by atoms with Gasteiger partial charge in [0.25, 0.3) is 0 Å². The second-order valence-electron chi connectivity index (χ2n) is 3.90. The first kappa shape index (κ1) is 12.6. The molecule has 0 heterocycles. The Bertz CT molecular complexity index is 479. The van der Waals surface area contributed by atoms with E-state index in [-0.39, 0.29) is 0 Å². The number of aliphatic hydroxyl groups excluding tert-OH is 1. The van der Waals surface area contributed by atoms with Gasteiger partial charge in [-0.1, -0.05) is 51.8 Å². The number of hydrogen-bond acceptors (Lipinski definition) is 1. The molecule has 0 amide bonds. The number of hydrogen-bond donors (Lipinski definition) is 1. The summed E-state index contributed by atoms with van der Waals surface area (Å²) in [5.41, 5.74) is 1.99. The molecule has 2 rings (SSSR count). The summed E-state index contributed by atoms with van der Waals surface area (Å²) in [5, 5.41) is 10.8. The zero-order valence-corrected chi connectivity index (χ0v) is 11.4. The Morgan fingerprint density at radius 3 is 2.18 bits per heavy atom. The van der Waals surface area contributed by atoms with Gasteiger partial charge in [0.05, 0.1) is 6.10 Å². The topological polar surface area (TPSA) is 20.2 Å². The van der Waals surface area contributed by atoms with E-state index in [0.717, 1.165) is 15.6 Å². The van der Waals surface area contributed by atoms with Crippen molar-refractivity contribution in [3.8, 4) is 0 Å². The van der Waals surface area contributed by atoms with Crippen molar-refractivity contribution in [2.24, 2.45) is 0 Å². The molecule has 0 spiro atoms. The standard InChI is InChI=1S/C14H12BrClO/c15-12-5-1-10(2-6-12)9-14(17)11-3-7-13(16)8-4-11/h1-8,14,17H,9H2/t14-/m0/s1. The summed E-state index contributed by atoms with van der Waals surface area (Å²) in [5.74, 6) is 0. The van der Waals surface area contributed by atoms with E-state index in [1.807, 2.05) is 36.4 Å². The molecule has 2 aromatic rings. The Balaban J connectivity index is 2.08. The maximum atomic E-state index is 10.1. The van der Waals surface area contributed by atoms with Crippen molar-refractivity contribution in [1.29, 1.82) is 0 Å². The van der Waals surface area contributed by atoms with Crippen LogP contribution in [0.5, 0.6) is 0 Å². The summed E-state index contributed by atoms with van der Waals surface area (Å²) in [6.07, 6.45) is 0.114. The lowest BCUT2D eigenvalue weighted by atomic mass is 10.0. The van der Waals surface area contributed by atoms with E-state index >= 15 is 0 Å². The van der Waals surface area contributed by atoms with Crippen molar-refractivity contribution in [2.75, 3.05) is 0 Å². The monoisotopic (exact) mass is 310 g/mol. The van der Waals surface area contributed by atoms with Gasteiger partial charge in [-0.3, -0.25) is 0 Å². The molecule has 1 atom stereocenters. The normalized spacial score (nSPS) is 12.4. The van der Waals surface area contributed by atoms with Crippen molar-refractivity contribution in [3.05, 3.63) is 69.2 Å². The minimum Gasteiger partial charge on any atom is -0.388 e.